The number of thioether (sulfide) groups is 1. The highest BCUT2D eigenvalue weighted by Gasteiger charge is 2.18. The lowest BCUT2D eigenvalue weighted by Gasteiger charge is -2.14. The molecule has 0 saturated carbocycles. The van der Waals surface area contributed by atoms with Crippen LogP contribution in [0.5, 0.6) is 0 Å². The Morgan fingerprint density at radius 1 is 1.40 bits per heavy atom. The first-order valence-corrected chi connectivity index (χ1v) is 7.62. The van der Waals surface area contributed by atoms with Crippen molar-refractivity contribution in [3.63, 3.8) is 0 Å². The number of nitrogens with zero attached hydrogens (tertiary/aromatic N) is 2. The predicted molar refractivity (Wildman–Crippen MR) is 78.0 cm³/mol. The third kappa shape index (κ3) is 2.58. The van der Waals surface area contributed by atoms with Crippen molar-refractivity contribution < 1.29 is 4.79 Å². The van der Waals surface area contributed by atoms with Gasteiger partial charge in [0.15, 0.2) is 5.16 Å². The van der Waals surface area contributed by atoms with Gasteiger partial charge in [0, 0.05) is 18.8 Å². The average Bonchev–Trinajstić information content (AvgIpc) is 3.04. The first-order chi connectivity index (χ1) is 9.63. The lowest BCUT2D eigenvalue weighted by molar-refractivity contribution is -0.127. The van der Waals surface area contributed by atoms with Gasteiger partial charge in [-0.05, 0) is 25.8 Å². The summed E-state index contributed by atoms with van der Waals surface area (Å²) in [5.41, 5.74) is 1.83. The topological polar surface area (TPSA) is 81.8 Å². The number of H-pyrrole nitrogens is 2. The maximum absolute atomic E-state index is 12.0. The monoisotopic (exact) mass is 292 g/mol. The Kier molecular flexibility index (Phi) is 3.52. The molecule has 2 aromatic rings. The summed E-state index contributed by atoms with van der Waals surface area (Å²) in [5.74, 6) is 0.429. The molecule has 1 saturated heterocycles. The summed E-state index contributed by atoms with van der Waals surface area (Å²) in [7, 11) is 0. The molecule has 3 heterocycles. The number of hydrogen-bond acceptors (Lipinski definition) is 4. The molecule has 7 heteroatoms. The number of rotatable bonds is 3. The van der Waals surface area contributed by atoms with Crippen molar-refractivity contribution in [3.05, 3.63) is 22.1 Å². The molecule has 0 atom stereocenters. The Morgan fingerprint density at radius 3 is 2.90 bits per heavy atom. The Bertz CT molecular complexity index is 700. The van der Waals surface area contributed by atoms with Crippen molar-refractivity contribution in [2.24, 2.45) is 0 Å². The van der Waals surface area contributed by atoms with Gasteiger partial charge in [-0.15, -0.1) is 0 Å². The van der Waals surface area contributed by atoms with Crippen LogP contribution in [0.4, 0.5) is 0 Å². The normalized spacial score (nSPS) is 15.2. The molecule has 0 aliphatic carbocycles. The molecule has 0 spiro atoms. The standard InChI is InChI=1S/C13H16N4O2S/c1-8-6-9-11(14-8)12(19)16-13(15-9)20-7-10(18)17-4-2-3-5-17/h6,14H,2-5,7H2,1H3,(H,15,16,19). The zero-order valence-corrected chi connectivity index (χ0v) is 12.0. The molecule has 1 fully saturated rings. The molecule has 0 bridgehead atoms. The minimum absolute atomic E-state index is 0.112. The van der Waals surface area contributed by atoms with Crippen LogP contribution in [0, 0.1) is 6.92 Å². The summed E-state index contributed by atoms with van der Waals surface area (Å²) in [5, 5.41) is 0.494. The molecule has 20 heavy (non-hydrogen) atoms. The second kappa shape index (κ2) is 5.32. The predicted octanol–water partition coefficient (Wildman–Crippen LogP) is 1.27. The van der Waals surface area contributed by atoms with Gasteiger partial charge in [0.25, 0.3) is 5.56 Å². The Hall–Kier alpha value is -1.76. The van der Waals surface area contributed by atoms with Crippen molar-refractivity contribution in [1.82, 2.24) is 19.9 Å². The molecule has 1 amide bonds. The van der Waals surface area contributed by atoms with Gasteiger partial charge in [-0.2, -0.15) is 0 Å². The van der Waals surface area contributed by atoms with Crippen LogP contribution in [0.25, 0.3) is 11.0 Å². The van der Waals surface area contributed by atoms with E-state index in [1.807, 2.05) is 17.9 Å². The SMILES string of the molecule is Cc1cc2nc(SCC(=O)N3CCCC3)[nH]c(=O)c2[nH]1. The zero-order valence-electron chi connectivity index (χ0n) is 11.2. The van der Waals surface area contributed by atoms with E-state index in [-0.39, 0.29) is 11.5 Å². The van der Waals surface area contributed by atoms with Gasteiger partial charge in [-0.25, -0.2) is 4.98 Å². The van der Waals surface area contributed by atoms with Gasteiger partial charge >= 0.3 is 0 Å². The number of carbonyl (C=O) groups excluding carboxylic acids is 1. The minimum Gasteiger partial charge on any atom is -0.353 e. The largest absolute Gasteiger partial charge is 0.353 e. The number of fused-ring (bicyclic) bond motifs is 1. The highest BCUT2D eigenvalue weighted by molar-refractivity contribution is 7.99. The van der Waals surface area contributed by atoms with Crippen molar-refractivity contribution in [1.29, 1.82) is 0 Å². The fourth-order valence-corrected chi connectivity index (χ4v) is 3.16. The summed E-state index contributed by atoms with van der Waals surface area (Å²) >= 11 is 1.28. The number of nitrogens with one attached hydrogen (secondary N) is 2. The summed E-state index contributed by atoms with van der Waals surface area (Å²) in [6.45, 7) is 3.57. The van der Waals surface area contributed by atoms with Crippen LogP contribution >= 0.6 is 11.8 Å². The summed E-state index contributed by atoms with van der Waals surface area (Å²) < 4.78 is 0. The second-order valence-electron chi connectivity index (χ2n) is 4.96. The molecule has 3 rings (SSSR count). The minimum atomic E-state index is -0.195. The van der Waals surface area contributed by atoms with E-state index in [9.17, 15) is 9.59 Å². The average molecular weight is 292 g/mol. The molecular weight excluding hydrogens is 276 g/mol. The molecule has 1 aliphatic rings. The summed E-state index contributed by atoms with van der Waals surface area (Å²) in [6.07, 6.45) is 2.17. The fraction of sp³-hybridized carbons (Fsp3) is 0.462. The smallest absolute Gasteiger partial charge is 0.275 e. The van der Waals surface area contributed by atoms with Gasteiger partial charge in [-0.1, -0.05) is 11.8 Å². The second-order valence-corrected chi connectivity index (χ2v) is 5.92. The first kappa shape index (κ1) is 13.2. The molecule has 106 valence electrons. The van der Waals surface area contributed by atoms with E-state index >= 15 is 0 Å². The highest BCUT2D eigenvalue weighted by atomic mass is 32.2. The van der Waals surface area contributed by atoms with E-state index in [2.05, 4.69) is 15.0 Å². The highest BCUT2D eigenvalue weighted by Crippen LogP contribution is 2.17. The summed E-state index contributed by atoms with van der Waals surface area (Å²) in [6, 6.07) is 1.83. The fourth-order valence-electron chi connectivity index (χ4n) is 2.39. The van der Waals surface area contributed by atoms with E-state index in [0.29, 0.717) is 21.9 Å². The van der Waals surface area contributed by atoms with Crippen LogP contribution in [0.2, 0.25) is 0 Å². The van der Waals surface area contributed by atoms with E-state index in [0.717, 1.165) is 31.6 Å². The van der Waals surface area contributed by atoms with Gasteiger partial charge in [0.05, 0.1) is 11.3 Å². The third-order valence-electron chi connectivity index (χ3n) is 3.39. The molecule has 0 aromatic carbocycles. The molecule has 0 unspecified atom stereocenters. The number of hydrogen-bond donors (Lipinski definition) is 2. The number of aromatic nitrogens is 3. The number of likely N-dealkylation sites (tertiary alicyclic amines) is 1. The van der Waals surface area contributed by atoms with E-state index in [1.54, 1.807) is 0 Å². The third-order valence-corrected chi connectivity index (χ3v) is 4.25. The molecule has 0 radical (unpaired) electrons. The van der Waals surface area contributed by atoms with Gasteiger partial charge in [0.2, 0.25) is 5.91 Å². The van der Waals surface area contributed by atoms with Crippen LogP contribution in [-0.2, 0) is 4.79 Å². The molecule has 6 nitrogen and oxygen atoms in total. The van der Waals surface area contributed by atoms with Crippen LogP contribution in [0.3, 0.4) is 0 Å². The Balaban J connectivity index is 1.74. The zero-order chi connectivity index (χ0) is 14.1. The number of aryl methyl sites for hydroxylation is 1. The van der Waals surface area contributed by atoms with Crippen LogP contribution in [0.15, 0.2) is 16.0 Å². The van der Waals surface area contributed by atoms with Crippen molar-refractivity contribution in [2.45, 2.75) is 24.9 Å². The number of carbonyl (C=O) groups is 1. The molecule has 2 aromatic heterocycles. The van der Waals surface area contributed by atoms with Crippen molar-refractivity contribution >= 4 is 28.7 Å². The van der Waals surface area contributed by atoms with Crippen LogP contribution in [0.1, 0.15) is 18.5 Å². The Labute approximate surface area is 120 Å². The Morgan fingerprint density at radius 2 is 2.15 bits per heavy atom. The maximum atomic E-state index is 12.0. The van der Waals surface area contributed by atoms with Crippen molar-refractivity contribution in [3.8, 4) is 0 Å². The van der Waals surface area contributed by atoms with Crippen LogP contribution < -0.4 is 5.56 Å². The van der Waals surface area contributed by atoms with Gasteiger partial charge in [0.1, 0.15) is 5.52 Å². The maximum Gasteiger partial charge on any atom is 0.275 e. The molecule has 2 N–H and O–H groups in total. The van der Waals surface area contributed by atoms with Gasteiger partial charge in [-0.3, -0.25) is 14.6 Å². The quantitative estimate of drug-likeness (QED) is 0.659. The van der Waals surface area contributed by atoms with E-state index in [4.69, 9.17) is 0 Å². The molecular formula is C13H16N4O2S. The van der Waals surface area contributed by atoms with E-state index < -0.39 is 0 Å². The summed E-state index contributed by atoms with van der Waals surface area (Å²) in [4.78, 5) is 35.7. The number of amides is 1. The lowest BCUT2D eigenvalue weighted by Crippen LogP contribution is -2.29. The first-order valence-electron chi connectivity index (χ1n) is 6.64. The molecule has 1 aliphatic heterocycles. The lowest BCUT2D eigenvalue weighted by atomic mass is 10.4. The van der Waals surface area contributed by atoms with E-state index in [1.165, 1.54) is 11.8 Å². The van der Waals surface area contributed by atoms with Crippen LogP contribution in [-0.4, -0.2) is 44.6 Å². The van der Waals surface area contributed by atoms with Gasteiger partial charge < -0.3 is 9.88 Å². The number of aromatic amines is 2. The van der Waals surface area contributed by atoms with Crippen molar-refractivity contribution in [2.75, 3.05) is 18.8 Å².